The molecular weight excluding hydrogens is 530 g/mol. The van der Waals surface area contributed by atoms with Gasteiger partial charge in [0.1, 0.15) is 0 Å². The van der Waals surface area contributed by atoms with Crippen molar-refractivity contribution in [3.05, 3.63) is 141 Å². The molecule has 6 heteroatoms. The maximum absolute atomic E-state index is 14.0. The van der Waals surface area contributed by atoms with Crippen LogP contribution in [0.4, 0.5) is 0 Å². The van der Waals surface area contributed by atoms with Gasteiger partial charge in [0.05, 0.1) is 18.1 Å². The zero-order chi connectivity index (χ0) is 27.8. The SMILES string of the molecule is Cc1c(/C=N\N2C(=O)[C@H]3C4c5ccccc5C(c5ccccc54)[C@@H]3C2=O)c2ccccc2n1Cc1ccccc1Cl. The quantitative estimate of drug-likeness (QED) is 0.179. The molecule has 4 aliphatic rings. The van der Waals surface area contributed by atoms with Crippen LogP contribution in [-0.2, 0) is 16.1 Å². The maximum Gasteiger partial charge on any atom is 0.254 e. The van der Waals surface area contributed by atoms with E-state index in [1.165, 1.54) is 0 Å². The largest absolute Gasteiger partial charge is 0.340 e. The summed E-state index contributed by atoms with van der Waals surface area (Å²) in [6.45, 7) is 2.64. The standard InChI is InChI=1S/C35H26ClN3O2/c1-20-27(22-11-7-9-17-29(22)38(20)19-21-10-2-8-16-28(21)36)18-37-39-34(40)32-30-23-12-3-4-13-24(23)31(33(32)35(39)41)26-15-6-5-14-25(26)30/h2-18,30-33H,19H2,1H3/b37-18-/t30?,31?,32-,33-/m0/s1. The first-order valence-corrected chi connectivity index (χ1v) is 14.3. The van der Waals surface area contributed by atoms with Crippen LogP contribution in [0.5, 0.6) is 0 Å². The molecule has 9 rings (SSSR count). The molecule has 3 aliphatic carbocycles. The number of carbonyl (C=O) groups excluding carboxylic acids is 2. The fraction of sp³-hybridized carbons (Fsp3) is 0.171. The summed E-state index contributed by atoms with van der Waals surface area (Å²) >= 11 is 6.50. The van der Waals surface area contributed by atoms with E-state index in [1.54, 1.807) is 6.21 Å². The van der Waals surface area contributed by atoms with Crippen molar-refractivity contribution < 1.29 is 9.59 Å². The molecule has 0 N–H and O–H groups in total. The van der Waals surface area contributed by atoms with Crippen molar-refractivity contribution in [1.29, 1.82) is 0 Å². The highest BCUT2D eigenvalue weighted by Gasteiger charge is 2.61. The van der Waals surface area contributed by atoms with Gasteiger partial charge in [0, 0.05) is 45.6 Å². The Balaban J connectivity index is 1.20. The number of para-hydroxylation sites is 1. The van der Waals surface area contributed by atoms with E-state index < -0.39 is 11.8 Å². The highest BCUT2D eigenvalue weighted by Crippen LogP contribution is 2.61. The number of nitrogens with zero attached hydrogens (tertiary/aromatic N) is 3. The van der Waals surface area contributed by atoms with Crippen LogP contribution in [0, 0.1) is 18.8 Å². The molecule has 0 spiro atoms. The number of rotatable bonds is 4. The molecule has 2 atom stereocenters. The monoisotopic (exact) mass is 555 g/mol. The Morgan fingerprint density at radius 1 is 0.732 bits per heavy atom. The van der Waals surface area contributed by atoms with Crippen LogP contribution < -0.4 is 0 Å². The van der Waals surface area contributed by atoms with E-state index in [0.29, 0.717) is 11.6 Å². The van der Waals surface area contributed by atoms with Crippen molar-refractivity contribution in [1.82, 2.24) is 9.58 Å². The topological polar surface area (TPSA) is 54.7 Å². The number of hydrogen-bond donors (Lipinski definition) is 0. The molecule has 0 saturated carbocycles. The lowest BCUT2D eigenvalue weighted by atomic mass is 9.55. The zero-order valence-corrected chi connectivity index (χ0v) is 23.1. The van der Waals surface area contributed by atoms with Gasteiger partial charge in [-0.25, -0.2) is 0 Å². The van der Waals surface area contributed by atoms with E-state index in [9.17, 15) is 9.59 Å². The van der Waals surface area contributed by atoms with Crippen LogP contribution in [-0.4, -0.2) is 27.6 Å². The minimum atomic E-state index is -0.447. The Morgan fingerprint density at radius 2 is 1.24 bits per heavy atom. The minimum absolute atomic E-state index is 0.145. The van der Waals surface area contributed by atoms with Gasteiger partial charge in [-0.3, -0.25) is 9.59 Å². The molecule has 5 nitrogen and oxygen atoms in total. The molecule has 1 aliphatic heterocycles. The average molecular weight is 556 g/mol. The number of hydrogen-bond acceptors (Lipinski definition) is 3. The molecule has 4 aromatic carbocycles. The van der Waals surface area contributed by atoms with Crippen LogP contribution in [0.3, 0.4) is 0 Å². The second-order valence-electron chi connectivity index (χ2n) is 11.2. The fourth-order valence-electron chi connectivity index (χ4n) is 7.51. The van der Waals surface area contributed by atoms with Gasteiger partial charge in [-0.1, -0.05) is 96.5 Å². The molecule has 2 amide bonds. The van der Waals surface area contributed by atoms with Crippen molar-refractivity contribution in [3.63, 3.8) is 0 Å². The Bertz CT molecular complexity index is 1820. The van der Waals surface area contributed by atoms with Crippen LogP contribution in [0.1, 0.15) is 50.9 Å². The third kappa shape index (κ3) is 3.39. The third-order valence-electron chi connectivity index (χ3n) is 9.29. The van der Waals surface area contributed by atoms with Gasteiger partial charge in [0.15, 0.2) is 0 Å². The van der Waals surface area contributed by atoms with E-state index in [2.05, 4.69) is 40.0 Å². The molecule has 2 bridgehead atoms. The molecule has 200 valence electrons. The van der Waals surface area contributed by atoms with Gasteiger partial charge in [0.2, 0.25) is 0 Å². The van der Waals surface area contributed by atoms with Gasteiger partial charge < -0.3 is 4.57 Å². The predicted octanol–water partition coefficient (Wildman–Crippen LogP) is 6.88. The molecule has 0 radical (unpaired) electrons. The predicted molar refractivity (Wildman–Crippen MR) is 160 cm³/mol. The molecule has 1 fully saturated rings. The third-order valence-corrected chi connectivity index (χ3v) is 9.66. The van der Waals surface area contributed by atoms with Crippen LogP contribution in [0.25, 0.3) is 10.9 Å². The van der Waals surface area contributed by atoms with Crippen molar-refractivity contribution in [2.24, 2.45) is 16.9 Å². The first kappa shape index (κ1) is 24.3. The number of hydrazone groups is 1. The number of carbonyl (C=O) groups is 2. The zero-order valence-electron chi connectivity index (χ0n) is 22.4. The number of fused-ring (bicyclic) bond motifs is 1. The number of aromatic nitrogens is 1. The molecule has 5 aromatic rings. The average Bonchev–Trinajstić information content (AvgIpc) is 3.42. The first-order valence-electron chi connectivity index (χ1n) is 13.9. The number of amides is 2. The minimum Gasteiger partial charge on any atom is -0.340 e. The summed E-state index contributed by atoms with van der Waals surface area (Å²) in [5.41, 5.74) is 8.56. The Labute approximate surface area is 242 Å². The molecule has 0 unspecified atom stereocenters. The summed E-state index contributed by atoms with van der Waals surface area (Å²) in [4.78, 5) is 28.0. The van der Waals surface area contributed by atoms with Gasteiger partial charge in [-0.05, 0) is 46.9 Å². The summed E-state index contributed by atoms with van der Waals surface area (Å²) in [6.07, 6.45) is 1.69. The van der Waals surface area contributed by atoms with E-state index in [1.807, 2.05) is 73.7 Å². The van der Waals surface area contributed by atoms with Crippen molar-refractivity contribution in [3.8, 4) is 0 Å². The fourth-order valence-corrected chi connectivity index (χ4v) is 7.71. The van der Waals surface area contributed by atoms with Crippen LogP contribution in [0.2, 0.25) is 5.02 Å². The van der Waals surface area contributed by atoms with Crippen molar-refractivity contribution in [2.75, 3.05) is 0 Å². The highest BCUT2D eigenvalue weighted by molar-refractivity contribution is 6.31. The number of halogens is 1. The summed E-state index contributed by atoms with van der Waals surface area (Å²) in [5.74, 6) is -1.61. The van der Waals surface area contributed by atoms with E-state index >= 15 is 0 Å². The second kappa shape index (κ2) is 9.02. The second-order valence-corrected chi connectivity index (χ2v) is 11.6. The molecular formula is C35H26ClN3O2. The summed E-state index contributed by atoms with van der Waals surface area (Å²) in [7, 11) is 0. The van der Waals surface area contributed by atoms with Gasteiger partial charge in [-0.2, -0.15) is 10.1 Å². The Morgan fingerprint density at radius 3 is 1.83 bits per heavy atom. The summed E-state index contributed by atoms with van der Waals surface area (Å²) in [6, 6.07) is 32.5. The molecule has 2 heterocycles. The van der Waals surface area contributed by atoms with Gasteiger partial charge in [-0.15, -0.1) is 0 Å². The normalized spacial score (nSPS) is 22.4. The molecule has 1 saturated heterocycles. The Hall–Kier alpha value is -4.48. The summed E-state index contributed by atoms with van der Waals surface area (Å²) < 4.78 is 2.21. The molecule has 41 heavy (non-hydrogen) atoms. The van der Waals surface area contributed by atoms with Crippen LogP contribution in [0.15, 0.2) is 102 Å². The van der Waals surface area contributed by atoms with Crippen molar-refractivity contribution >= 4 is 40.5 Å². The first-order chi connectivity index (χ1) is 20.0. The van der Waals surface area contributed by atoms with Crippen LogP contribution >= 0.6 is 11.6 Å². The van der Waals surface area contributed by atoms with Gasteiger partial charge >= 0.3 is 0 Å². The van der Waals surface area contributed by atoms with Gasteiger partial charge in [0.25, 0.3) is 11.8 Å². The number of benzene rings is 4. The lowest BCUT2D eigenvalue weighted by molar-refractivity contribution is -0.139. The van der Waals surface area contributed by atoms with E-state index in [-0.39, 0.29) is 23.7 Å². The lowest BCUT2D eigenvalue weighted by Crippen LogP contribution is -2.41. The highest BCUT2D eigenvalue weighted by atomic mass is 35.5. The lowest BCUT2D eigenvalue weighted by Gasteiger charge is -2.45. The van der Waals surface area contributed by atoms with Crippen molar-refractivity contribution in [2.45, 2.75) is 25.3 Å². The molecule has 1 aromatic heterocycles. The maximum atomic E-state index is 14.0. The summed E-state index contributed by atoms with van der Waals surface area (Å²) in [5, 5.41) is 7.49. The van der Waals surface area contributed by atoms with E-state index in [0.717, 1.165) is 55.0 Å². The smallest absolute Gasteiger partial charge is 0.254 e. The Kier molecular flexibility index (Phi) is 5.35. The number of imide groups is 1. The van der Waals surface area contributed by atoms with E-state index in [4.69, 9.17) is 11.6 Å².